The molecule has 0 aromatic carbocycles. The van der Waals surface area contributed by atoms with Crippen molar-refractivity contribution in [3.63, 3.8) is 0 Å². The Balaban J connectivity index is -0.0000000450. The number of carbonyl (C=O) groups is 1. The van der Waals surface area contributed by atoms with Crippen molar-refractivity contribution in [2.75, 3.05) is 0 Å². The molecule has 0 aromatic heterocycles. The Morgan fingerprint density at radius 3 is 2.20 bits per heavy atom. The van der Waals surface area contributed by atoms with Crippen molar-refractivity contribution in [2.24, 2.45) is 5.90 Å². The van der Waals surface area contributed by atoms with E-state index in [0.29, 0.717) is 0 Å². The fourth-order valence-electron chi connectivity index (χ4n) is 0. The van der Waals surface area contributed by atoms with Gasteiger partial charge in [0.25, 0.3) is 0 Å². The van der Waals surface area contributed by atoms with Gasteiger partial charge >= 0.3 is 57.9 Å². The molecular formula is CH4KNO2. The van der Waals surface area contributed by atoms with Gasteiger partial charge in [0, 0.05) is 0 Å². The quantitative estimate of drug-likeness (QED) is 0.209. The number of rotatable bonds is 1. The van der Waals surface area contributed by atoms with Crippen molar-refractivity contribution in [3.05, 3.63) is 0 Å². The first-order chi connectivity index (χ1) is 1.91. The van der Waals surface area contributed by atoms with Crippen LogP contribution in [0.2, 0.25) is 0 Å². The van der Waals surface area contributed by atoms with Gasteiger partial charge in [0.15, 0.2) is 0 Å². The van der Waals surface area contributed by atoms with E-state index in [1.54, 1.807) is 0 Å². The summed E-state index contributed by atoms with van der Waals surface area (Å²) in [6.45, 7) is 0.153. The third kappa shape index (κ3) is 11.2. The largest absolute Gasteiger partial charge is 1.00 e. The average Bonchev–Trinajstić information content (AvgIpc) is 1.37. The minimum Gasteiger partial charge on any atom is -1.00 e. The van der Waals surface area contributed by atoms with Crippen molar-refractivity contribution in [1.29, 1.82) is 0 Å². The first-order valence-electron chi connectivity index (χ1n) is 0.707. The first-order valence-corrected chi connectivity index (χ1v) is 0.707. The average molecular weight is 101 g/mol. The van der Waals surface area contributed by atoms with Crippen LogP contribution in [0.1, 0.15) is 1.43 Å². The van der Waals surface area contributed by atoms with E-state index in [1.165, 1.54) is 0 Å². The van der Waals surface area contributed by atoms with Crippen LogP contribution in [0.15, 0.2) is 0 Å². The van der Waals surface area contributed by atoms with Gasteiger partial charge in [-0.2, -0.15) is 5.90 Å². The minimum atomic E-state index is 0. The zero-order valence-corrected chi connectivity index (χ0v) is 6.09. The third-order valence-electron chi connectivity index (χ3n) is 0.0556. The van der Waals surface area contributed by atoms with E-state index >= 15 is 0 Å². The maximum Gasteiger partial charge on any atom is 1.00 e. The SMILES string of the molecule is NOC=O.[H-].[K+]. The van der Waals surface area contributed by atoms with Gasteiger partial charge in [-0.3, -0.25) is 4.79 Å². The fourth-order valence-corrected chi connectivity index (χ4v) is 0. The van der Waals surface area contributed by atoms with E-state index in [1.807, 2.05) is 0 Å². The molecular weight excluding hydrogens is 97.1 g/mol. The van der Waals surface area contributed by atoms with Crippen molar-refractivity contribution in [1.82, 2.24) is 0 Å². The Kier molecular flexibility index (Phi) is 16.8. The summed E-state index contributed by atoms with van der Waals surface area (Å²) in [5.74, 6) is 4.16. The molecule has 0 atom stereocenters. The molecule has 26 valence electrons. The van der Waals surface area contributed by atoms with E-state index < -0.39 is 0 Å². The molecule has 5 heavy (non-hydrogen) atoms. The predicted octanol–water partition coefficient (Wildman–Crippen LogP) is -3.85. The van der Waals surface area contributed by atoms with Crippen molar-refractivity contribution in [3.8, 4) is 0 Å². The Bertz CT molecular complexity index is 27.5. The molecule has 0 aliphatic rings. The summed E-state index contributed by atoms with van der Waals surface area (Å²) in [5, 5.41) is 0. The van der Waals surface area contributed by atoms with Crippen LogP contribution in [0.25, 0.3) is 0 Å². The third-order valence-corrected chi connectivity index (χ3v) is 0.0556. The summed E-state index contributed by atoms with van der Waals surface area (Å²) >= 11 is 0. The zero-order chi connectivity index (χ0) is 3.41. The first kappa shape index (κ1) is 9.42. The second-order valence-corrected chi connectivity index (χ2v) is 0.232. The molecule has 0 bridgehead atoms. The van der Waals surface area contributed by atoms with Gasteiger partial charge in [-0.25, -0.2) is 0 Å². The Morgan fingerprint density at radius 1 is 2.00 bits per heavy atom. The molecule has 4 heteroatoms. The fraction of sp³-hybridized carbons (Fsp3) is 0. The molecule has 0 spiro atoms. The van der Waals surface area contributed by atoms with E-state index in [9.17, 15) is 0 Å². The van der Waals surface area contributed by atoms with E-state index in [4.69, 9.17) is 4.79 Å². The van der Waals surface area contributed by atoms with E-state index in [-0.39, 0.29) is 59.3 Å². The second-order valence-electron chi connectivity index (χ2n) is 0.232. The van der Waals surface area contributed by atoms with Crippen molar-refractivity contribution in [2.45, 2.75) is 0 Å². The molecule has 3 nitrogen and oxygen atoms in total. The van der Waals surface area contributed by atoms with Gasteiger partial charge in [-0.1, -0.05) is 0 Å². The summed E-state index contributed by atoms with van der Waals surface area (Å²) in [5.41, 5.74) is 0. The van der Waals surface area contributed by atoms with E-state index in [2.05, 4.69) is 10.7 Å². The molecule has 0 aromatic rings. The van der Waals surface area contributed by atoms with Gasteiger partial charge < -0.3 is 6.26 Å². The van der Waals surface area contributed by atoms with Gasteiger partial charge in [0.05, 0.1) is 0 Å². The summed E-state index contributed by atoms with van der Waals surface area (Å²) in [6, 6.07) is 0. The molecule has 0 unspecified atom stereocenters. The molecule has 0 saturated carbocycles. The van der Waals surface area contributed by atoms with Crippen LogP contribution in [0.4, 0.5) is 0 Å². The van der Waals surface area contributed by atoms with Gasteiger partial charge in [-0.15, -0.1) is 0 Å². The number of nitrogens with two attached hydrogens (primary N) is 1. The normalized spacial score (nSPS) is 4.20. The van der Waals surface area contributed by atoms with Crippen LogP contribution in [0, 0.1) is 0 Å². The molecule has 0 fully saturated rings. The zero-order valence-electron chi connectivity index (χ0n) is 3.97. The Morgan fingerprint density at radius 2 is 2.20 bits per heavy atom. The summed E-state index contributed by atoms with van der Waals surface area (Å²) < 4.78 is 0. The summed E-state index contributed by atoms with van der Waals surface area (Å²) in [4.78, 5) is 12.2. The summed E-state index contributed by atoms with van der Waals surface area (Å²) in [6.07, 6.45) is 0. The molecule has 0 heterocycles. The molecule has 2 N–H and O–H groups in total. The second kappa shape index (κ2) is 8.91. The maximum absolute atomic E-state index is 8.83. The standard InChI is InChI=1S/CH3NO2.K.H/c2-4-1-3;;/h1H,2H2;;/q;+1;-1. The van der Waals surface area contributed by atoms with Crippen LogP contribution in [0.5, 0.6) is 0 Å². The number of hydrogen-bond acceptors (Lipinski definition) is 3. The van der Waals surface area contributed by atoms with Gasteiger partial charge in [-0.05, 0) is 0 Å². The Hall–Kier alpha value is 1.07. The van der Waals surface area contributed by atoms with Crippen LogP contribution in [-0.4, -0.2) is 6.47 Å². The van der Waals surface area contributed by atoms with Crippen molar-refractivity contribution >= 4 is 6.47 Å². The predicted molar refractivity (Wildman–Crippen MR) is 12.4 cm³/mol. The molecule has 0 amide bonds. The van der Waals surface area contributed by atoms with Crippen LogP contribution in [-0.2, 0) is 9.63 Å². The molecule has 0 saturated heterocycles. The number of hydrogen-bond donors (Lipinski definition) is 1. The van der Waals surface area contributed by atoms with Crippen LogP contribution in [0.3, 0.4) is 0 Å². The van der Waals surface area contributed by atoms with Crippen LogP contribution >= 0.6 is 0 Å². The van der Waals surface area contributed by atoms with Crippen molar-refractivity contribution < 1.29 is 62.4 Å². The summed E-state index contributed by atoms with van der Waals surface area (Å²) in [7, 11) is 0. The minimum absolute atomic E-state index is 0. The molecule has 0 aliphatic carbocycles. The van der Waals surface area contributed by atoms with E-state index in [0.717, 1.165) is 0 Å². The Labute approximate surface area is 73.7 Å². The molecule has 0 radical (unpaired) electrons. The number of carbonyl (C=O) groups excluding carboxylic acids is 1. The molecule has 0 rings (SSSR count). The smallest absolute Gasteiger partial charge is 1.00 e. The monoisotopic (exact) mass is 101 g/mol. The topological polar surface area (TPSA) is 52.3 Å². The van der Waals surface area contributed by atoms with Crippen LogP contribution < -0.4 is 57.3 Å². The maximum atomic E-state index is 8.83. The van der Waals surface area contributed by atoms with Gasteiger partial charge in [0.1, 0.15) is 0 Å². The molecule has 0 aliphatic heterocycles. The van der Waals surface area contributed by atoms with Gasteiger partial charge in [0.2, 0.25) is 0 Å².